The first kappa shape index (κ1) is 27.1. The number of guanidine groups is 1. The molecule has 2 N–H and O–H groups in total. The molecule has 182 valence electrons. The summed E-state index contributed by atoms with van der Waals surface area (Å²) in [5.41, 5.74) is 1.15. The fourth-order valence-electron chi connectivity index (χ4n) is 4.18. The van der Waals surface area contributed by atoms with E-state index in [0.29, 0.717) is 18.5 Å². The van der Waals surface area contributed by atoms with Gasteiger partial charge in [-0.15, -0.1) is 24.0 Å². The summed E-state index contributed by atoms with van der Waals surface area (Å²) >= 11 is 0. The normalized spacial score (nSPS) is 18.9. The van der Waals surface area contributed by atoms with Crippen molar-refractivity contribution in [2.75, 3.05) is 70.6 Å². The molecule has 2 aliphatic rings. The monoisotopic (exact) mass is 560 g/mol. The van der Waals surface area contributed by atoms with Gasteiger partial charge in [-0.2, -0.15) is 0 Å². The van der Waals surface area contributed by atoms with Crippen LogP contribution in [-0.4, -0.2) is 87.6 Å². The van der Waals surface area contributed by atoms with Crippen LogP contribution in [0.4, 0.5) is 5.82 Å². The maximum absolute atomic E-state index is 5.55. The molecule has 3 rings (SSSR count). The number of nitrogens with one attached hydrogen (secondary N) is 2. The SMILES string of the molecule is CCNC(=NCc1cccnc1N1CCOCC1)NCC(CC(C)C)N1CCOCC1.I. The van der Waals surface area contributed by atoms with E-state index in [1.165, 1.54) is 0 Å². The molecule has 1 unspecified atom stereocenters. The molecule has 3 heterocycles. The summed E-state index contributed by atoms with van der Waals surface area (Å²) in [5.74, 6) is 2.54. The fourth-order valence-corrected chi connectivity index (χ4v) is 4.18. The lowest BCUT2D eigenvalue weighted by Gasteiger charge is -2.35. The average molecular weight is 561 g/mol. The van der Waals surface area contributed by atoms with Crippen LogP contribution < -0.4 is 15.5 Å². The lowest BCUT2D eigenvalue weighted by Crippen LogP contribution is -2.51. The van der Waals surface area contributed by atoms with Crippen LogP contribution in [0, 0.1) is 5.92 Å². The van der Waals surface area contributed by atoms with Crippen LogP contribution >= 0.6 is 24.0 Å². The van der Waals surface area contributed by atoms with Gasteiger partial charge in [-0.25, -0.2) is 9.98 Å². The molecule has 0 amide bonds. The smallest absolute Gasteiger partial charge is 0.191 e. The summed E-state index contributed by atoms with van der Waals surface area (Å²) < 4.78 is 11.0. The largest absolute Gasteiger partial charge is 0.379 e. The minimum absolute atomic E-state index is 0. The summed E-state index contributed by atoms with van der Waals surface area (Å²) in [5, 5.41) is 7.00. The minimum atomic E-state index is 0. The van der Waals surface area contributed by atoms with E-state index in [2.05, 4.69) is 52.3 Å². The van der Waals surface area contributed by atoms with E-state index in [1.54, 1.807) is 0 Å². The van der Waals surface area contributed by atoms with Crippen molar-refractivity contribution in [2.24, 2.45) is 10.9 Å². The number of hydrogen-bond donors (Lipinski definition) is 2. The van der Waals surface area contributed by atoms with Gasteiger partial charge in [0.05, 0.1) is 33.0 Å². The molecule has 9 heteroatoms. The molecule has 8 nitrogen and oxygen atoms in total. The number of halogens is 1. The van der Waals surface area contributed by atoms with Crippen molar-refractivity contribution in [2.45, 2.75) is 39.8 Å². The minimum Gasteiger partial charge on any atom is -0.379 e. The summed E-state index contributed by atoms with van der Waals surface area (Å²) in [4.78, 5) is 14.4. The van der Waals surface area contributed by atoms with E-state index in [-0.39, 0.29) is 24.0 Å². The Labute approximate surface area is 210 Å². The van der Waals surface area contributed by atoms with Gasteiger partial charge >= 0.3 is 0 Å². The van der Waals surface area contributed by atoms with Crippen LogP contribution in [0.1, 0.15) is 32.8 Å². The van der Waals surface area contributed by atoms with E-state index in [0.717, 1.165) is 89.5 Å². The van der Waals surface area contributed by atoms with Crippen LogP contribution in [0.2, 0.25) is 0 Å². The molecule has 0 radical (unpaired) electrons. The van der Waals surface area contributed by atoms with Crippen molar-refractivity contribution >= 4 is 35.8 Å². The topological polar surface area (TPSA) is 74.2 Å². The number of pyridine rings is 1. The lowest BCUT2D eigenvalue weighted by atomic mass is 10.0. The molecule has 2 fully saturated rings. The van der Waals surface area contributed by atoms with Crippen molar-refractivity contribution < 1.29 is 9.47 Å². The molecule has 0 aliphatic carbocycles. The molecule has 2 saturated heterocycles. The number of nitrogens with zero attached hydrogens (tertiary/aromatic N) is 4. The maximum atomic E-state index is 5.55. The van der Waals surface area contributed by atoms with Gasteiger partial charge in [-0.05, 0) is 25.3 Å². The predicted molar refractivity (Wildman–Crippen MR) is 141 cm³/mol. The number of rotatable bonds is 9. The van der Waals surface area contributed by atoms with Crippen molar-refractivity contribution in [1.29, 1.82) is 0 Å². The van der Waals surface area contributed by atoms with Gasteiger partial charge < -0.3 is 25.0 Å². The van der Waals surface area contributed by atoms with Crippen LogP contribution in [0.3, 0.4) is 0 Å². The Morgan fingerprint density at radius 3 is 2.44 bits per heavy atom. The third kappa shape index (κ3) is 8.64. The summed E-state index contributed by atoms with van der Waals surface area (Å²) in [6.45, 7) is 15.9. The highest BCUT2D eigenvalue weighted by Gasteiger charge is 2.22. The van der Waals surface area contributed by atoms with Crippen LogP contribution in [0.5, 0.6) is 0 Å². The Kier molecular flexibility index (Phi) is 12.6. The van der Waals surface area contributed by atoms with Gasteiger partial charge in [0.1, 0.15) is 5.82 Å². The van der Waals surface area contributed by atoms with Crippen molar-refractivity contribution in [3.05, 3.63) is 23.9 Å². The van der Waals surface area contributed by atoms with Gasteiger partial charge in [-0.3, -0.25) is 4.90 Å². The Morgan fingerprint density at radius 1 is 1.09 bits per heavy atom. The average Bonchev–Trinajstić information content (AvgIpc) is 2.81. The summed E-state index contributed by atoms with van der Waals surface area (Å²) in [6, 6.07) is 4.60. The van der Waals surface area contributed by atoms with Gasteiger partial charge in [-0.1, -0.05) is 19.9 Å². The fraction of sp³-hybridized carbons (Fsp3) is 0.739. The standard InChI is InChI=1S/C23H40N6O2.HI/c1-4-24-23(27-18-21(16-19(2)3)28-8-12-30-13-9-28)26-17-20-6-5-7-25-22(20)29-10-14-31-15-11-29;/h5-7,19,21H,4,8-18H2,1-3H3,(H2,24,26,27);1H. The van der Waals surface area contributed by atoms with E-state index in [1.807, 2.05) is 12.3 Å². The molecule has 0 aromatic carbocycles. The third-order valence-electron chi connectivity index (χ3n) is 5.74. The highest BCUT2D eigenvalue weighted by atomic mass is 127. The van der Waals surface area contributed by atoms with Crippen molar-refractivity contribution in [3.63, 3.8) is 0 Å². The van der Waals surface area contributed by atoms with E-state index < -0.39 is 0 Å². The molecule has 0 saturated carbocycles. The number of anilines is 1. The second-order valence-corrected chi connectivity index (χ2v) is 8.59. The van der Waals surface area contributed by atoms with Crippen LogP contribution in [0.25, 0.3) is 0 Å². The molecule has 0 bridgehead atoms. The third-order valence-corrected chi connectivity index (χ3v) is 5.74. The van der Waals surface area contributed by atoms with Gasteiger partial charge in [0.25, 0.3) is 0 Å². The highest BCUT2D eigenvalue weighted by Crippen LogP contribution is 2.19. The second kappa shape index (κ2) is 14.9. The lowest BCUT2D eigenvalue weighted by molar-refractivity contribution is 0.0132. The van der Waals surface area contributed by atoms with Crippen molar-refractivity contribution in [1.82, 2.24) is 20.5 Å². The van der Waals surface area contributed by atoms with E-state index in [4.69, 9.17) is 14.5 Å². The van der Waals surface area contributed by atoms with Gasteiger partial charge in [0.2, 0.25) is 0 Å². The molecule has 1 atom stereocenters. The Balaban J connectivity index is 0.00000363. The number of aromatic nitrogens is 1. The second-order valence-electron chi connectivity index (χ2n) is 8.59. The molecular weight excluding hydrogens is 519 g/mol. The molecule has 32 heavy (non-hydrogen) atoms. The maximum Gasteiger partial charge on any atom is 0.191 e. The quantitative estimate of drug-likeness (QED) is 0.273. The first-order chi connectivity index (χ1) is 15.2. The molecule has 1 aromatic heterocycles. The highest BCUT2D eigenvalue weighted by molar-refractivity contribution is 14.0. The molecular formula is C23H41IN6O2. The Bertz CT molecular complexity index is 678. The number of morpholine rings is 2. The Morgan fingerprint density at radius 2 is 1.78 bits per heavy atom. The Hall–Kier alpha value is -1.17. The first-order valence-electron chi connectivity index (χ1n) is 11.8. The van der Waals surface area contributed by atoms with Crippen molar-refractivity contribution in [3.8, 4) is 0 Å². The first-order valence-corrected chi connectivity index (χ1v) is 11.8. The zero-order chi connectivity index (χ0) is 21.9. The van der Waals surface area contributed by atoms with Gasteiger partial charge in [0.15, 0.2) is 5.96 Å². The van der Waals surface area contributed by atoms with E-state index in [9.17, 15) is 0 Å². The molecule has 2 aliphatic heterocycles. The number of aliphatic imine (C=N–C) groups is 1. The zero-order valence-electron chi connectivity index (χ0n) is 19.9. The summed E-state index contributed by atoms with van der Waals surface area (Å²) in [6.07, 6.45) is 3.02. The number of hydrogen-bond acceptors (Lipinski definition) is 6. The number of ether oxygens (including phenoxy) is 2. The van der Waals surface area contributed by atoms with Crippen LogP contribution in [-0.2, 0) is 16.0 Å². The zero-order valence-corrected chi connectivity index (χ0v) is 22.2. The van der Waals surface area contributed by atoms with Gasteiger partial charge in [0, 0.05) is 57.1 Å². The molecule has 0 spiro atoms. The van der Waals surface area contributed by atoms with Crippen LogP contribution in [0.15, 0.2) is 23.3 Å². The predicted octanol–water partition coefficient (Wildman–Crippen LogP) is 2.34. The summed E-state index contributed by atoms with van der Waals surface area (Å²) in [7, 11) is 0. The van der Waals surface area contributed by atoms with E-state index >= 15 is 0 Å². The molecule has 1 aromatic rings.